The van der Waals surface area contributed by atoms with E-state index in [1.807, 2.05) is 51.1 Å². The molecular formula is C28H32ClN3O4S. The number of hydrogen-bond acceptors (Lipinski definition) is 4. The largest absolute Gasteiger partial charge is 0.357 e. The molecular weight excluding hydrogens is 510 g/mol. The van der Waals surface area contributed by atoms with E-state index in [1.165, 1.54) is 36.2 Å². The summed E-state index contributed by atoms with van der Waals surface area (Å²) >= 11 is 5.98. The van der Waals surface area contributed by atoms with Gasteiger partial charge in [-0.2, -0.15) is 0 Å². The Morgan fingerprint density at radius 2 is 1.57 bits per heavy atom. The SMILES string of the molecule is CC[C@H](C(=O)NC)N(Cc1cccc(C)c1)C(=O)CN(c1cccc(C)c1)S(=O)(=O)c1ccc(Cl)cc1. The number of benzene rings is 3. The number of nitrogens with one attached hydrogen (secondary N) is 1. The van der Waals surface area contributed by atoms with Crippen molar-refractivity contribution >= 4 is 39.1 Å². The number of nitrogens with zero attached hydrogens (tertiary/aromatic N) is 2. The lowest BCUT2D eigenvalue weighted by Crippen LogP contribution is -2.51. The number of likely N-dealkylation sites (N-methyl/N-ethyl adjacent to an activating group) is 1. The summed E-state index contributed by atoms with van der Waals surface area (Å²) in [5.41, 5.74) is 3.06. The minimum absolute atomic E-state index is 0.00906. The number of anilines is 1. The molecule has 0 radical (unpaired) electrons. The van der Waals surface area contributed by atoms with Crippen LogP contribution in [0.4, 0.5) is 5.69 Å². The summed E-state index contributed by atoms with van der Waals surface area (Å²) in [6, 6.07) is 19.6. The van der Waals surface area contributed by atoms with Crippen LogP contribution in [0.2, 0.25) is 5.02 Å². The van der Waals surface area contributed by atoms with Crippen LogP contribution in [0.15, 0.2) is 77.7 Å². The van der Waals surface area contributed by atoms with Gasteiger partial charge in [0.2, 0.25) is 11.8 Å². The Balaban J connectivity index is 2.06. The van der Waals surface area contributed by atoms with E-state index in [0.29, 0.717) is 17.1 Å². The van der Waals surface area contributed by atoms with Gasteiger partial charge in [0, 0.05) is 18.6 Å². The zero-order valence-electron chi connectivity index (χ0n) is 21.4. The van der Waals surface area contributed by atoms with Crippen molar-refractivity contribution in [1.82, 2.24) is 10.2 Å². The Morgan fingerprint density at radius 3 is 2.14 bits per heavy atom. The van der Waals surface area contributed by atoms with Crippen LogP contribution in [0.25, 0.3) is 0 Å². The molecule has 7 nitrogen and oxygen atoms in total. The molecule has 2 amide bonds. The van der Waals surface area contributed by atoms with Crippen LogP contribution in [0, 0.1) is 13.8 Å². The van der Waals surface area contributed by atoms with E-state index in [2.05, 4.69) is 5.32 Å². The van der Waals surface area contributed by atoms with Gasteiger partial charge in [0.05, 0.1) is 10.6 Å². The maximum Gasteiger partial charge on any atom is 0.264 e. The molecule has 9 heteroatoms. The summed E-state index contributed by atoms with van der Waals surface area (Å²) in [6.07, 6.45) is 0.367. The number of amides is 2. The van der Waals surface area contributed by atoms with Gasteiger partial charge in [0.1, 0.15) is 12.6 Å². The molecule has 3 aromatic rings. The van der Waals surface area contributed by atoms with Crippen LogP contribution < -0.4 is 9.62 Å². The van der Waals surface area contributed by atoms with Gasteiger partial charge in [-0.25, -0.2) is 8.42 Å². The minimum Gasteiger partial charge on any atom is -0.357 e. The van der Waals surface area contributed by atoms with E-state index in [-0.39, 0.29) is 17.3 Å². The number of aryl methyl sites for hydroxylation is 2. The summed E-state index contributed by atoms with van der Waals surface area (Å²) in [6.45, 7) is 5.30. The number of sulfonamides is 1. The van der Waals surface area contributed by atoms with Gasteiger partial charge in [-0.15, -0.1) is 0 Å². The lowest BCUT2D eigenvalue weighted by Gasteiger charge is -2.33. The van der Waals surface area contributed by atoms with Crippen LogP contribution in [-0.2, 0) is 26.2 Å². The zero-order chi connectivity index (χ0) is 27.2. The smallest absolute Gasteiger partial charge is 0.264 e. The summed E-state index contributed by atoms with van der Waals surface area (Å²) in [5, 5.41) is 3.03. The Morgan fingerprint density at radius 1 is 0.946 bits per heavy atom. The Bertz CT molecular complexity index is 1360. The average molecular weight is 542 g/mol. The van der Waals surface area contributed by atoms with Crippen LogP contribution in [-0.4, -0.2) is 44.8 Å². The average Bonchev–Trinajstić information content (AvgIpc) is 2.87. The normalized spacial score (nSPS) is 12.0. The molecule has 1 atom stereocenters. The molecule has 0 saturated carbocycles. The highest BCUT2D eigenvalue weighted by atomic mass is 35.5. The van der Waals surface area contributed by atoms with Gasteiger partial charge in [0.25, 0.3) is 10.0 Å². The maximum atomic E-state index is 13.9. The monoisotopic (exact) mass is 541 g/mol. The first-order valence-corrected chi connectivity index (χ1v) is 13.8. The van der Waals surface area contributed by atoms with Gasteiger partial charge in [-0.05, 0) is 67.8 Å². The predicted octanol–water partition coefficient (Wildman–Crippen LogP) is 4.71. The van der Waals surface area contributed by atoms with Crippen molar-refractivity contribution in [3.63, 3.8) is 0 Å². The van der Waals surface area contributed by atoms with Crippen molar-refractivity contribution in [1.29, 1.82) is 0 Å². The molecule has 0 aliphatic heterocycles. The molecule has 0 saturated heterocycles. The van der Waals surface area contributed by atoms with Crippen molar-refractivity contribution in [2.45, 2.75) is 44.7 Å². The van der Waals surface area contributed by atoms with E-state index in [9.17, 15) is 18.0 Å². The highest BCUT2D eigenvalue weighted by Crippen LogP contribution is 2.26. The fourth-order valence-electron chi connectivity index (χ4n) is 4.14. The topological polar surface area (TPSA) is 86.8 Å². The van der Waals surface area contributed by atoms with Crippen LogP contribution in [0.1, 0.15) is 30.0 Å². The third kappa shape index (κ3) is 6.90. The second kappa shape index (κ2) is 12.3. The lowest BCUT2D eigenvalue weighted by molar-refractivity contribution is -0.140. The molecule has 0 fully saturated rings. The molecule has 3 rings (SSSR count). The van der Waals surface area contributed by atoms with E-state index >= 15 is 0 Å². The molecule has 0 heterocycles. The number of halogens is 1. The zero-order valence-corrected chi connectivity index (χ0v) is 23.0. The Hall–Kier alpha value is -3.36. The number of carbonyl (C=O) groups excluding carboxylic acids is 2. The first-order chi connectivity index (χ1) is 17.6. The second-order valence-corrected chi connectivity index (χ2v) is 11.2. The summed E-state index contributed by atoms with van der Waals surface area (Å²) in [7, 11) is -2.61. The van der Waals surface area contributed by atoms with Gasteiger partial charge in [0.15, 0.2) is 0 Å². The number of hydrogen-bond donors (Lipinski definition) is 1. The van der Waals surface area contributed by atoms with Crippen molar-refractivity contribution in [3.8, 4) is 0 Å². The second-order valence-electron chi connectivity index (χ2n) is 8.85. The lowest BCUT2D eigenvalue weighted by atomic mass is 10.1. The molecule has 0 aliphatic rings. The van der Waals surface area contributed by atoms with Crippen molar-refractivity contribution in [2.75, 3.05) is 17.9 Å². The molecule has 0 unspecified atom stereocenters. The Labute approximate surface area is 224 Å². The third-order valence-electron chi connectivity index (χ3n) is 6.04. The minimum atomic E-state index is -4.13. The fourth-order valence-corrected chi connectivity index (χ4v) is 5.67. The molecule has 0 aromatic heterocycles. The molecule has 1 N–H and O–H groups in total. The maximum absolute atomic E-state index is 13.9. The first kappa shape index (κ1) is 28.2. The number of carbonyl (C=O) groups is 2. The van der Waals surface area contributed by atoms with Crippen molar-refractivity contribution in [2.24, 2.45) is 0 Å². The molecule has 196 valence electrons. The van der Waals surface area contributed by atoms with Crippen molar-refractivity contribution < 1.29 is 18.0 Å². The first-order valence-electron chi connectivity index (χ1n) is 12.0. The number of rotatable bonds is 10. The summed E-state index contributed by atoms with van der Waals surface area (Å²) in [4.78, 5) is 28.1. The molecule has 37 heavy (non-hydrogen) atoms. The van der Waals surface area contributed by atoms with E-state index in [0.717, 1.165) is 21.0 Å². The van der Waals surface area contributed by atoms with Gasteiger partial charge in [-0.1, -0.05) is 60.5 Å². The quantitative estimate of drug-likeness (QED) is 0.403. The van der Waals surface area contributed by atoms with Crippen LogP contribution >= 0.6 is 11.6 Å². The highest BCUT2D eigenvalue weighted by Gasteiger charge is 2.33. The fraction of sp³-hybridized carbons (Fsp3) is 0.286. The standard InChI is InChI=1S/C28H32ClN3O4S/c1-5-26(28(34)30-4)31(18-22-10-6-8-20(2)16-22)27(33)19-32(24-11-7-9-21(3)17-24)37(35,36)25-14-12-23(29)13-15-25/h6-17,26H,5,18-19H2,1-4H3,(H,30,34)/t26-/m1/s1. The molecule has 0 aliphatic carbocycles. The van der Waals surface area contributed by atoms with E-state index in [4.69, 9.17) is 11.6 Å². The van der Waals surface area contributed by atoms with Crippen molar-refractivity contribution in [3.05, 3.63) is 94.5 Å². The van der Waals surface area contributed by atoms with E-state index in [1.54, 1.807) is 18.2 Å². The van der Waals surface area contributed by atoms with Gasteiger partial charge < -0.3 is 10.2 Å². The van der Waals surface area contributed by atoms with Gasteiger partial charge >= 0.3 is 0 Å². The molecule has 0 spiro atoms. The highest BCUT2D eigenvalue weighted by molar-refractivity contribution is 7.92. The van der Waals surface area contributed by atoms with E-state index < -0.39 is 28.5 Å². The van der Waals surface area contributed by atoms with Gasteiger partial charge in [-0.3, -0.25) is 13.9 Å². The summed E-state index contributed by atoms with van der Waals surface area (Å²) < 4.78 is 28.6. The molecule has 3 aromatic carbocycles. The summed E-state index contributed by atoms with van der Waals surface area (Å²) in [5.74, 6) is -0.804. The predicted molar refractivity (Wildman–Crippen MR) is 147 cm³/mol. The molecule has 0 bridgehead atoms. The third-order valence-corrected chi connectivity index (χ3v) is 8.08. The Kier molecular flexibility index (Phi) is 9.34. The van der Waals surface area contributed by atoms with Crippen LogP contribution in [0.3, 0.4) is 0 Å². The van der Waals surface area contributed by atoms with Crippen LogP contribution in [0.5, 0.6) is 0 Å².